The molecule has 2 aliphatic heterocycles. The zero-order valence-corrected chi connectivity index (χ0v) is 13.0. The van der Waals surface area contributed by atoms with E-state index in [0.717, 1.165) is 30.1 Å². The molecule has 0 aliphatic carbocycles. The molecule has 2 aliphatic rings. The van der Waals surface area contributed by atoms with E-state index in [9.17, 15) is 4.79 Å². The standard InChI is InChI=1S/C17H18N6O/c24-17-12-2-1-3-13-15(12)16(22-23-17)21-14(20-13)10-19-9-6-11-4-7-18-8-5-11/h1-5,7-8,16,19,22H,6,9-10H2,(H,20,21)(H,23,24). The number of rotatable bonds is 5. The van der Waals surface area contributed by atoms with Gasteiger partial charge in [-0.3, -0.25) is 15.2 Å². The maximum absolute atomic E-state index is 11.9. The van der Waals surface area contributed by atoms with E-state index in [0.29, 0.717) is 12.1 Å². The minimum atomic E-state index is -0.243. The van der Waals surface area contributed by atoms with Crippen molar-refractivity contribution in [3.63, 3.8) is 0 Å². The largest absolute Gasteiger partial charge is 0.343 e. The van der Waals surface area contributed by atoms with Gasteiger partial charge in [-0.2, -0.15) is 0 Å². The number of aromatic nitrogens is 1. The SMILES string of the molecule is O=C1NNC2N=C(CNCCc3ccncc3)Nc3cccc1c32. The number of carbonyl (C=O) groups excluding carboxylic acids is 1. The number of aliphatic imine (C=N–C) groups is 1. The van der Waals surface area contributed by atoms with E-state index in [1.165, 1.54) is 5.56 Å². The highest BCUT2D eigenvalue weighted by atomic mass is 16.2. The van der Waals surface area contributed by atoms with Gasteiger partial charge in [0.25, 0.3) is 5.91 Å². The number of carbonyl (C=O) groups is 1. The van der Waals surface area contributed by atoms with Gasteiger partial charge in [0, 0.05) is 29.2 Å². The first kappa shape index (κ1) is 14.8. The lowest BCUT2D eigenvalue weighted by Gasteiger charge is -2.31. The molecule has 0 bridgehead atoms. The van der Waals surface area contributed by atoms with Gasteiger partial charge in [-0.15, -0.1) is 0 Å². The van der Waals surface area contributed by atoms with Crippen LogP contribution in [0.5, 0.6) is 0 Å². The van der Waals surface area contributed by atoms with E-state index in [1.807, 2.05) is 30.3 Å². The Balaban J connectivity index is 1.40. The van der Waals surface area contributed by atoms with Crippen LogP contribution in [0.4, 0.5) is 5.69 Å². The van der Waals surface area contributed by atoms with Gasteiger partial charge in [0.15, 0.2) is 0 Å². The summed E-state index contributed by atoms with van der Waals surface area (Å²) in [5.74, 6) is 0.724. The second-order valence-electron chi connectivity index (χ2n) is 5.75. The first-order valence-electron chi connectivity index (χ1n) is 7.93. The zero-order valence-electron chi connectivity index (χ0n) is 13.0. The lowest BCUT2D eigenvalue weighted by atomic mass is 9.99. The van der Waals surface area contributed by atoms with Crippen molar-refractivity contribution in [1.82, 2.24) is 21.2 Å². The smallest absolute Gasteiger partial charge is 0.265 e. The Labute approximate surface area is 139 Å². The molecule has 1 aromatic heterocycles. The molecular formula is C17H18N6O. The number of amidine groups is 1. The van der Waals surface area contributed by atoms with Crippen LogP contribution in [-0.4, -0.2) is 29.8 Å². The maximum atomic E-state index is 11.9. The van der Waals surface area contributed by atoms with Crippen molar-refractivity contribution >= 4 is 17.4 Å². The molecule has 0 saturated carbocycles. The Morgan fingerprint density at radius 3 is 2.92 bits per heavy atom. The number of amides is 1. The summed E-state index contributed by atoms with van der Waals surface area (Å²) in [6.07, 6.45) is 4.31. The molecule has 0 fully saturated rings. The van der Waals surface area contributed by atoms with Crippen LogP contribution in [0, 0.1) is 0 Å². The highest BCUT2D eigenvalue weighted by Gasteiger charge is 2.30. The first-order valence-corrected chi connectivity index (χ1v) is 7.93. The monoisotopic (exact) mass is 322 g/mol. The molecule has 1 amide bonds. The third-order valence-electron chi connectivity index (χ3n) is 4.14. The number of hydrogen-bond acceptors (Lipinski definition) is 6. The van der Waals surface area contributed by atoms with Crippen LogP contribution < -0.4 is 21.5 Å². The molecule has 3 heterocycles. The molecule has 2 aromatic rings. The first-order chi connectivity index (χ1) is 11.8. The molecule has 1 unspecified atom stereocenters. The van der Waals surface area contributed by atoms with Gasteiger partial charge in [-0.25, -0.2) is 10.4 Å². The Bertz CT molecular complexity index is 789. The molecule has 4 rings (SSSR count). The van der Waals surface area contributed by atoms with Crippen molar-refractivity contribution in [2.45, 2.75) is 12.6 Å². The van der Waals surface area contributed by atoms with Crippen molar-refractivity contribution in [3.05, 3.63) is 59.4 Å². The van der Waals surface area contributed by atoms with Crippen molar-refractivity contribution in [2.24, 2.45) is 4.99 Å². The molecular weight excluding hydrogens is 304 g/mol. The predicted octanol–water partition coefficient (Wildman–Crippen LogP) is 0.985. The minimum Gasteiger partial charge on any atom is -0.343 e. The normalized spacial score (nSPS) is 18.2. The van der Waals surface area contributed by atoms with Gasteiger partial charge in [-0.1, -0.05) is 6.07 Å². The summed E-state index contributed by atoms with van der Waals surface area (Å²) in [6, 6.07) is 9.70. The van der Waals surface area contributed by atoms with E-state index < -0.39 is 0 Å². The van der Waals surface area contributed by atoms with Gasteiger partial charge in [0.1, 0.15) is 12.0 Å². The second-order valence-corrected chi connectivity index (χ2v) is 5.75. The highest BCUT2D eigenvalue weighted by Crippen LogP contribution is 2.32. The number of anilines is 1. The number of nitrogens with one attached hydrogen (secondary N) is 4. The minimum absolute atomic E-state index is 0.126. The van der Waals surface area contributed by atoms with Gasteiger partial charge in [0.2, 0.25) is 0 Å². The van der Waals surface area contributed by atoms with Crippen LogP contribution >= 0.6 is 0 Å². The quantitative estimate of drug-likeness (QED) is 0.616. The molecule has 0 spiro atoms. The van der Waals surface area contributed by atoms with Gasteiger partial charge < -0.3 is 10.6 Å². The van der Waals surface area contributed by atoms with Gasteiger partial charge >= 0.3 is 0 Å². The molecule has 122 valence electrons. The second kappa shape index (κ2) is 6.38. The fraction of sp³-hybridized carbons (Fsp3) is 0.235. The Morgan fingerprint density at radius 2 is 2.04 bits per heavy atom. The molecule has 7 heteroatoms. The Kier molecular flexibility index (Phi) is 3.94. The van der Waals surface area contributed by atoms with E-state index in [1.54, 1.807) is 12.4 Å². The van der Waals surface area contributed by atoms with Crippen LogP contribution in [0.2, 0.25) is 0 Å². The highest BCUT2D eigenvalue weighted by molar-refractivity contribution is 6.04. The van der Waals surface area contributed by atoms with Gasteiger partial charge in [0.05, 0.1) is 6.54 Å². The van der Waals surface area contributed by atoms with Crippen molar-refractivity contribution in [2.75, 3.05) is 18.4 Å². The van der Waals surface area contributed by atoms with Gasteiger partial charge in [-0.05, 0) is 42.8 Å². The van der Waals surface area contributed by atoms with Crippen LogP contribution in [0.15, 0.2) is 47.7 Å². The average Bonchev–Trinajstić information content (AvgIpc) is 2.63. The summed E-state index contributed by atoms with van der Waals surface area (Å²) < 4.78 is 0. The van der Waals surface area contributed by atoms with E-state index >= 15 is 0 Å². The summed E-state index contributed by atoms with van der Waals surface area (Å²) in [7, 11) is 0. The lowest BCUT2D eigenvalue weighted by Crippen LogP contribution is -2.47. The number of hydrogen-bond donors (Lipinski definition) is 4. The summed E-state index contributed by atoms with van der Waals surface area (Å²) in [5.41, 5.74) is 9.36. The maximum Gasteiger partial charge on any atom is 0.265 e. The molecule has 0 saturated heterocycles. The summed E-state index contributed by atoms with van der Waals surface area (Å²) in [5, 5.41) is 6.70. The summed E-state index contributed by atoms with van der Waals surface area (Å²) in [4.78, 5) is 20.5. The van der Waals surface area contributed by atoms with E-state index in [4.69, 9.17) is 0 Å². The average molecular weight is 322 g/mol. The molecule has 1 aromatic carbocycles. The Morgan fingerprint density at radius 1 is 1.17 bits per heavy atom. The molecule has 24 heavy (non-hydrogen) atoms. The fourth-order valence-corrected chi connectivity index (χ4v) is 2.96. The molecule has 4 N–H and O–H groups in total. The molecule has 1 atom stereocenters. The number of hydrazine groups is 1. The zero-order chi connectivity index (χ0) is 16.4. The molecule has 0 radical (unpaired) electrons. The molecule has 7 nitrogen and oxygen atoms in total. The summed E-state index contributed by atoms with van der Waals surface area (Å²) in [6.45, 7) is 1.49. The summed E-state index contributed by atoms with van der Waals surface area (Å²) >= 11 is 0. The van der Waals surface area contributed by atoms with Crippen molar-refractivity contribution in [1.29, 1.82) is 0 Å². The van der Waals surface area contributed by atoms with Crippen LogP contribution in [0.3, 0.4) is 0 Å². The third-order valence-corrected chi connectivity index (χ3v) is 4.14. The van der Waals surface area contributed by atoms with E-state index in [-0.39, 0.29) is 12.1 Å². The fourth-order valence-electron chi connectivity index (χ4n) is 2.96. The Hall–Kier alpha value is -2.77. The van der Waals surface area contributed by atoms with Crippen LogP contribution in [-0.2, 0) is 6.42 Å². The number of benzene rings is 1. The van der Waals surface area contributed by atoms with Crippen LogP contribution in [0.1, 0.15) is 27.7 Å². The number of nitrogens with zero attached hydrogens (tertiary/aromatic N) is 2. The van der Waals surface area contributed by atoms with E-state index in [2.05, 4.69) is 31.5 Å². The third kappa shape index (κ3) is 2.86. The topological polar surface area (TPSA) is 90.4 Å². The van der Waals surface area contributed by atoms with Crippen LogP contribution in [0.25, 0.3) is 0 Å². The van der Waals surface area contributed by atoms with Crippen molar-refractivity contribution < 1.29 is 4.79 Å². The number of pyridine rings is 1. The predicted molar refractivity (Wildman–Crippen MR) is 91.7 cm³/mol. The lowest BCUT2D eigenvalue weighted by molar-refractivity contribution is 0.0909. The van der Waals surface area contributed by atoms with Crippen molar-refractivity contribution in [3.8, 4) is 0 Å².